The molecule has 41 nitrogen and oxygen atoms in total. The Balaban J connectivity index is 1.46. The van der Waals surface area contributed by atoms with E-state index in [0.717, 1.165) is 103 Å². The lowest BCUT2D eigenvalue weighted by Gasteiger charge is -2.28. The van der Waals surface area contributed by atoms with Gasteiger partial charge in [-0.1, -0.05) is 189 Å². The SMILES string of the molecule is O=C(O)CCCCCCCCCCCCCCCCCCC(=O)NCC1CCC(C(=O)N[C@@H](CCC(=O)NCCOCCOCC(=O)NCCOCCOCC(=O)NCCCC[C@H](NC(=O)COCCOCCN[C@@H](O)COCCOCCNC(=O)CC[C@H](NC(=O)C2CCC(CNC(=O)CCCCCCCCCCCCCCCCCCC(=O)O)CC2)C(=O)O)C(=O)NCCCC[C@H](NP)C(=O)O)C(=O)O)CC1. The average Bonchev–Trinajstić information content (AvgIpc) is 0.871. The Morgan fingerprint density at radius 1 is 0.257 bits per heavy atom. The molecule has 18 N–H and O–H groups in total. The summed E-state index contributed by atoms with van der Waals surface area (Å²) in [4.78, 5) is 184. The Labute approximate surface area is 857 Å². The summed E-state index contributed by atoms with van der Waals surface area (Å²) in [6, 6.07) is -4.16. The molecule has 0 bridgehead atoms. The van der Waals surface area contributed by atoms with Gasteiger partial charge < -0.3 is 122 Å². The van der Waals surface area contributed by atoms with Gasteiger partial charge in [0.05, 0.1) is 85.9 Å². The van der Waals surface area contributed by atoms with Crippen molar-refractivity contribution < 1.29 is 140 Å². The van der Waals surface area contributed by atoms with E-state index in [1.807, 2.05) is 0 Å². The molecule has 2 saturated carbocycles. The van der Waals surface area contributed by atoms with E-state index in [4.69, 9.17) is 48.1 Å². The molecule has 2 rings (SSSR count). The number of aliphatic hydroxyl groups is 1. The highest BCUT2D eigenvalue weighted by molar-refractivity contribution is 7.13. The number of ether oxygens (including phenoxy) is 8. The predicted molar refractivity (Wildman–Crippen MR) is 546 cm³/mol. The summed E-state index contributed by atoms with van der Waals surface area (Å²) in [5.74, 6) is -8.24. The summed E-state index contributed by atoms with van der Waals surface area (Å²) in [5, 5.41) is 89.9. The van der Waals surface area contributed by atoms with Crippen molar-refractivity contribution in [3.8, 4) is 0 Å². The van der Waals surface area contributed by atoms with E-state index < -0.39 is 83.9 Å². The summed E-state index contributed by atoms with van der Waals surface area (Å²) in [6.45, 7) is 3.01. The number of hydrogen-bond donors (Lipinski definition) is 18. The second-order valence-corrected chi connectivity index (χ2v) is 38.4. The standard InChI is InChI=1S/C102H185N12O29P/c115-87(39-29-25-21-17-13-9-5-1-3-7-11-15-19-23-27-31-41-95(123)124)109-73-79-43-47-81(48-44-79)97(127)112-84(100(130)131)51-53-89(117)104-57-61-136-65-70-141-76-92(120)106-59-63-138-67-69-140-75-91(119)103-55-35-33-37-83(99(129)108-56-36-34-38-86(114-144)102(134)135)111-94(122)78-143-72-68-139-64-60-107-93(121)77-142-71-66-137-62-58-105-90(118)54-52-85(101(132)133)113-98(128)82-49-45-80(46-50-82)74-110-88(116)40-30-26-22-18-14-10-6-2-4-8-12-16-20-24-28-32-42-96(125)126/h79-86,93,107,114,121H,1-78,144H2,(H,103,119)(H,104,117)(H,105,118)(H,106,120)(H,108,129)(H,109,115)(H,110,116)(H,111,122)(H,112,127)(H,113,128)(H,123,124)(H,125,126)(H,130,131)(H,132,133)(H,134,135)/t79?,80?,81?,82?,83-,84-,85-,86-,93-/m0/s1. The van der Waals surface area contributed by atoms with Crippen molar-refractivity contribution >= 4 is 98.3 Å². The van der Waals surface area contributed by atoms with Crippen LogP contribution in [0, 0.1) is 23.7 Å². The minimum atomic E-state index is -1.23. The average molecular weight is 2070 g/mol. The van der Waals surface area contributed by atoms with Gasteiger partial charge in [-0.05, 0) is 140 Å². The van der Waals surface area contributed by atoms with Gasteiger partial charge >= 0.3 is 29.8 Å². The van der Waals surface area contributed by atoms with Crippen molar-refractivity contribution in [2.45, 2.75) is 377 Å². The lowest BCUT2D eigenvalue weighted by Crippen LogP contribution is -2.48. The van der Waals surface area contributed by atoms with Crippen LogP contribution in [0.5, 0.6) is 0 Å². The van der Waals surface area contributed by atoms with Gasteiger partial charge in [0.1, 0.15) is 50.2 Å². The van der Waals surface area contributed by atoms with Gasteiger partial charge in [0.2, 0.25) is 59.1 Å². The van der Waals surface area contributed by atoms with Crippen LogP contribution >= 0.6 is 9.39 Å². The largest absolute Gasteiger partial charge is 0.481 e. The molecule has 42 heteroatoms. The number of aliphatic hydroxyl groups excluding tert-OH is 1. The second-order valence-electron chi connectivity index (χ2n) is 38.0. The molecule has 144 heavy (non-hydrogen) atoms. The monoisotopic (exact) mass is 2070 g/mol. The van der Waals surface area contributed by atoms with Crippen LogP contribution in [0.4, 0.5) is 0 Å². The van der Waals surface area contributed by atoms with Gasteiger partial charge in [-0.2, -0.15) is 0 Å². The van der Waals surface area contributed by atoms with Gasteiger partial charge in [-0.3, -0.25) is 72.7 Å². The Morgan fingerprint density at radius 3 is 0.896 bits per heavy atom. The van der Waals surface area contributed by atoms with E-state index in [-0.39, 0.29) is 249 Å². The van der Waals surface area contributed by atoms with Crippen LogP contribution in [0.25, 0.3) is 0 Å². The first-order chi connectivity index (χ1) is 69.8. The van der Waals surface area contributed by atoms with E-state index >= 15 is 0 Å². The molecule has 0 aromatic carbocycles. The number of rotatable bonds is 101. The van der Waals surface area contributed by atoms with Crippen LogP contribution in [0.15, 0.2) is 0 Å². The van der Waals surface area contributed by atoms with Gasteiger partial charge in [0, 0.05) is 103 Å². The summed E-state index contributed by atoms with van der Waals surface area (Å²) < 4.78 is 43.7. The van der Waals surface area contributed by atoms with Crippen LogP contribution in [-0.2, 0) is 110 Å². The topological polar surface area (TPSA) is 596 Å². The third-order valence-electron chi connectivity index (χ3n) is 25.7. The van der Waals surface area contributed by atoms with Crippen molar-refractivity contribution in [2.75, 3.05) is 158 Å². The van der Waals surface area contributed by atoms with Crippen LogP contribution in [0.3, 0.4) is 0 Å². The molecule has 0 spiro atoms. The van der Waals surface area contributed by atoms with E-state index in [2.05, 4.69) is 73.0 Å². The molecule has 10 amide bonds. The fourth-order valence-electron chi connectivity index (χ4n) is 17.0. The molecule has 0 aromatic rings. The Morgan fingerprint density at radius 2 is 0.549 bits per heavy atom. The zero-order chi connectivity index (χ0) is 105. The zero-order valence-electron chi connectivity index (χ0n) is 86.5. The van der Waals surface area contributed by atoms with Crippen LogP contribution in [-0.4, -0.2) is 308 Å². The lowest BCUT2D eigenvalue weighted by molar-refractivity contribution is -0.143. The smallest absolute Gasteiger partial charge is 0.326 e. The summed E-state index contributed by atoms with van der Waals surface area (Å²) in [7, 11) is 2.18. The van der Waals surface area contributed by atoms with E-state index in [9.17, 15) is 92.3 Å². The van der Waals surface area contributed by atoms with Crippen LogP contribution < -0.4 is 63.6 Å². The highest BCUT2D eigenvalue weighted by atomic mass is 31.0. The zero-order valence-corrected chi connectivity index (χ0v) is 87.7. The first-order valence-corrected chi connectivity index (χ1v) is 54.7. The van der Waals surface area contributed by atoms with Gasteiger partial charge in [0.25, 0.3) is 0 Å². The maximum atomic E-state index is 13.3. The van der Waals surface area contributed by atoms with Crippen molar-refractivity contribution in [3.63, 3.8) is 0 Å². The second kappa shape index (κ2) is 92.4. The fraction of sp³-hybridized carbons (Fsp3) is 0.853. The van der Waals surface area contributed by atoms with Crippen molar-refractivity contribution in [1.82, 2.24) is 63.6 Å². The molecule has 2 aliphatic rings. The number of carbonyl (C=O) groups is 15. The summed E-state index contributed by atoms with van der Waals surface area (Å²) >= 11 is 0. The number of carboxylic acids is 5. The normalized spacial score (nSPS) is 15.6. The molecule has 0 aromatic heterocycles. The van der Waals surface area contributed by atoms with Crippen molar-refractivity contribution in [2.24, 2.45) is 23.7 Å². The molecule has 1 unspecified atom stereocenters. The molecule has 6 atom stereocenters. The number of hydrogen-bond acceptors (Lipinski definition) is 26. The molecular weight excluding hydrogens is 1890 g/mol. The molecule has 2 fully saturated rings. The highest BCUT2D eigenvalue weighted by Crippen LogP contribution is 2.31. The Kier molecular flexibility index (Phi) is 84.8. The number of amides is 10. The van der Waals surface area contributed by atoms with Crippen molar-refractivity contribution in [3.05, 3.63) is 0 Å². The number of aliphatic carboxylic acids is 5. The van der Waals surface area contributed by atoms with Crippen molar-refractivity contribution in [1.29, 1.82) is 0 Å². The molecule has 832 valence electrons. The highest BCUT2D eigenvalue weighted by Gasteiger charge is 2.33. The van der Waals surface area contributed by atoms with E-state index in [0.29, 0.717) is 83.7 Å². The quantitative estimate of drug-likeness (QED) is 0.0153. The fourth-order valence-corrected chi connectivity index (χ4v) is 17.3. The maximum Gasteiger partial charge on any atom is 0.326 e. The summed E-state index contributed by atoms with van der Waals surface area (Å²) in [6.07, 6.45) is 44.7. The predicted octanol–water partition coefficient (Wildman–Crippen LogP) is 9.02. The first-order valence-electron chi connectivity index (χ1n) is 54.2. The molecule has 0 aliphatic heterocycles. The van der Waals surface area contributed by atoms with Crippen LogP contribution in [0.1, 0.15) is 347 Å². The van der Waals surface area contributed by atoms with Crippen LogP contribution in [0.2, 0.25) is 0 Å². The molecule has 2 aliphatic carbocycles. The number of nitrogens with one attached hydrogen (secondary N) is 12. The molecule has 0 radical (unpaired) electrons. The number of carboxylic acid groups (broad SMARTS) is 5. The summed E-state index contributed by atoms with van der Waals surface area (Å²) in [5.41, 5.74) is 0. The Bertz CT molecular complexity index is 3420. The van der Waals surface area contributed by atoms with E-state index in [1.54, 1.807) is 0 Å². The lowest BCUT2D eigenvalue weighted by atomic mass is 9.81. The number of unbranched alkanes of at least 4 members (excludes halogenated alkanes) is 32. The van der Waals surface area contributed by atoms with E-state index in [1.165, 1.54) is 128 Å². The molecule has 0 heterocycles. The third kappa shape index (κ3) is 80.2. The minimum Gasteiger partial charge on any atom is -0.481 e. The minimum absolute atomic E-state index is 0.0411. The van der Waals surface area contributed by atoms with Gasteiger partial charge in [-0.25, -0.2) is 9.59 Å². The molecular formula is C102H185N12O29P. The van der Waals surface area contributed by atoms with Gasteiger partial charge in [-0.15, -0.1) is 0 Å². The maximum absolute atomic E-state index is 13.3. The van der Waals surface area contributed by atoms with Gasteiger partial charge in [0.15, 0.2) is 0 Å². The first kappa shape index (κ1) is 132. The third-order valence-corrected chi connectivity index (χ3v) is 26.1. The number of carbonyl (C=O) groups excluding carboxylic acids is 10. The molecule has 0 saturated heterocycles. The Hall–Kier alpha value is -7.96.